The minimum atomic E-state index is -0.747. The molecule has 2 aromatic carbocycles. The predicted octanol–water partition coefficient (Wildman–Crippen LogP) is 3.11. The highest BCUT2D eigenvalue weighted by molar-refractivity contribution is 5.77. The van der Waals surface area contributed by atoms with Gasteiger partial charge in [0.15, 0.2) is 11.5 Å². The molecule has 0 aromatic heterocycles. The molecule has 0 aliphatic heterocycles. The molecule has 0 N–H and O–H groups in total. The Kier molecular flexibility index (Phi) is 8.10. The van der Waals surface area contributed by atoms with Gasteiger partial charge in [0.1, 0.15) is 23.0 Å². The zero-order chi connectivity index (χ0) is 24.7. The molecule has 0 aliphatic rings. The summed E-state index contributed by atoms with van der Waals surface area (Å²) >= 11 is 0. The van der Waals surface area contributed by atoms with Crippen molar-refractivity contribution in [2.24, 2.45) is 0 Å². The SMILES string of the molecule is CC(=O)Oc1cc(OC(C)=O)cc(Oc2c(OC(C)=O)cc(OC(C)=O)cc2OC(C)=O)c1. The summed E-state index contributed by atoms with van der Waals surface area (Å²) in [5, 5.41) is 0. The Hall–Kier alpha value is -4.41. The Bertz CT molecular complexity index is 1050. The van der Waals surface area contributed by atoms with Crippen molar-refractivity contribution >= 4 is 29.8 Å². The van der Waals surface area contributed by atoms with E-state index in [2.05, 4.69) is 0 Å². The molecular formula is C22H20O11. The van der Waals surface area contributed by atoms with Crippen LogP contribution in [0.25, 0.3) is 0 Å². The number of carbonyl (C=O) groups excluding carboxylic acids is 5. The van der Waals surface area contributed by atoms with E-state index in [1.165, 1.54) is 44.2 Å². The lowest BCUT2D eigenvalue weighted by molar-refractivity contribution is -0.133. The van der Waals surface area contributed by atoms with Gasteiger partial charge in [-0.2, -0.15) is 0 Å². The summed E-state index contributed by atoms with van der Waals surface area (Å²) in [7, 11) is 0. The normalized spacial score (nSPS) is 9.97. The van der Waals surface area contributed by atoms with E-state index in [1.54, 1.807) is 0 Å². The summed E-state index contributed by atoms with van der Waals surface area (Å²) in [6.07, 6.45) is 0. The van der Waals surface area contributed by atoms with E-state index in [4.69, 9.17) is 28.4 Å². The molecule has 11 heteroatoms. The molecule has 0 atom stereocenters. The second-order valence-electron chi connectivity index (χ2n) is 6.46. The fourth-order valence-electron chi connectivity index (χ4n) is 2.51. The predicted molar refractivity (Wildman–Crippen MR) is 110 cm³/mol. The van der Waals surface area contributed by atoms with Crippen LogP contribution in [0.3, 0.4) is 0 Å². The fraction of sp³-hybridized carbons (Fsp3) is 0.227. The highest BCUT2D eigenvalue weighted by Crippen LogP contribution is 2.45. The monoisotopic (exact) mass is 460 g/mol. The molecule has 11 nitrogen and oxygen atoms in total. The highest BCUT2D eigenvalue weighted by Gasteiger charge is 2.21. The summed E-state index contributed by atoms with van der Waals surface area (Å²) in [5.41, 5.74) is 0. The fourth-order valence-corrected chi connectivity index (χ4v) is 2.51. The number of ether oxygens (including phenoxy) is 6. The van der Waals surface area contributed by atoms with Gasteiger partial charge in [0.2, 0.25) is 5.75 Å². The lowest BCUT2D eigenvalue weighted by Gasteiger charge is -2.17. The minimum Gasteiger partial charge on any atom is -0.449 e. The van der Waals surface area contributed by atoms with Crippen molar-refractivity contribution < 1.29 is 52.4 Å². The molecule has 174 valence electrons. The molecule has 0 saturated carbocycles. The molecule has 0 bridgehead atoms. The van der Waals surface area contributed by atoms with Crippen LogP contribution in [0.5, 0.6) is 40.2 Å². The maximum absolute atomic E-state index is 11.6. The van der Waals surface area contributed by atoms with Crippen molar-refractivity contribution in [3.05, 3.63) is 30.3 Å². The molecule has 0 aliphatic carbocycles. The van der Waals surface area contributed by atoms with Crippen molar-refractivity contribution in [2.75, 3.05) is 0 Å². The molecule has 33 heavy (non-hydrogen) atoms. The molecule has 0 unspecified atom stereocenters. The van der Waals surface area contributed by atoms with E-state index in [1.807, 2.05) is 0 Å². The zero-order valence-corrected chi connectivity index (χ0v) is 18.4. The van der Waals surface area contributed by atoms with Gasteiger partial charge in [-0.3, -0.25) is 24.0 Å². The molecule has 0 spiro atoms. The first-order valence-electron chi connectivity index (χ1n) is 9.36. The number of esters is 5. The molecule has 2 aromatic rings. The molecule has 0 saturated heterocycles. The summed E-state index contributed by atoms with van der Waals surface area (Å²) in [6, 6.07) is 6.19. The molecule has 2 rings (SSSR count). The van der Waals surface area contributed by atoms with Gasteiger partial charge in [-0.05, 0) is 0 Å². The van der Waals surface area contributed by atoms with Gasteiger partial charge >= 0.3 is 29.8 Å². The van der Waals surface area contributed by atoms with Crippen LogP contribution >= 0.6 is 0 Å². The van der Waals surface area contributed by atoms with Crippen molar-refractivity contribution in [1.82, 2.24) is 0 Å². The molecule has 0 fully saturated rings. The van der Waals surface area contributed by atoms with Crippen molar-refractivity contribution in [1.29, 1.82) is 0 Å². The van der Waals surface area contributed by atoms with Crippen LogP contribution in [0, 0.1) is 0 Å². The van der Waals surface area contributed by atoms with E-state index in [-0.39, 0.29) is 40.2 Å². The highest BCUT2D eigenvalue weighted by atomic mass is 16.6. The zero-order valence-electron chi connectivity index (χ0n) is 18.4. The van der Waals surface area contributed by atoms with Gasteiger partial charge in [0, 0.05) is 65.0 Å². The largest absolute Gasteiger partial charge is 0.449 e. The van der Waals surface area contributed by atoms with E-state index in [9.17, 15) is 24.0 Å². The van der Waals surface area contributed by atoms with Crippen molar-refractivity contribution in [3.63, 3.8) is 0 Å². The summed E-state index contributed by atoms with van der Waals surface area (Å²) in [4.78, 5) is 57.3. The summed E-state index contributed by atoms with van der Waals surface area (Å²) < 4.78 is 31.1. The summed E-state index contributed by atoms with van der Waals surface area (Å²) in [5.74, 6) is -4.35. The van der Waals surface area contributed by atoms with E-state index < -0.39 is 29.8 Å². The molecule has 0 heterocycles. The third-order valence-electron chi connectivity index (χ3n) is 3.36. The quantitative estimate of drug-likeness (QED) is 0.444. The molecular weight excluding hydrogens is 440 g/mol. The Balaban J connectivity index is 2.64. The van der Waals surface area contributed by atoms with Crippen LogP contribution in [0.4, 0.5) is 0 Å². The lowest BCUT2D eigenvalue weighted by atomic mass is 10.2. The van der Waals surface area contributed by atoms with Gasteiger partial charge < -0.3 is 28.4 Å². The van der Waals surface area contributed by atoms with E-state index in [0.29, 0.717) is 0 Å². The number of benzene rings is 2. The second-order valence-corrected chi connectivity index (χ2v) is 6.46. The average molecular weight is 460 g/mol. The lowest BCUT2D eigenvalue weighted by Crippen LogP contribution is -2.09. The molecule has 0 amide bonds. The summed E-state index contributed by atoms with van der Waals surface area (Å²) in [6.45, 7) is 5.73. The minimum absolute atomic E-state index is 0.0177. The van der Waals surface area contributed by atoms with E-state index in [0.717, 1.165) is 20.8 Å². The van der Waals surface area contributed by atoms with Gasteiger partial charge in [-0.15, -0.1) is 0 Å². The Labute approximate surface area is 188 Å². The number of hydrogen-bond donors (Lipinski definition) is 0. The smallest absolute Gasteiger partial charge is 0.308 e. The van der Waals surface area contributed by atoms with Crippen molar-refractivity contribution in [3.8, 4) is 40.2 Å². The standard InChI is InChI=1S/C22H20O11/c1-11(23)28-16-6-17(29-12(2)24)8-18(7-16)33-22-20(31-14(4)26)9-19(30-13(3)25)10-21(22)32-15(5)27/h6-10H,1-5H3. The Morgan fingerprint density at radius 1 is 0.455 bits per heavy atom. The van der Waals surface area contributed by atoms with Gasteiger partial charge in [0.25, 0.3) is 0 Å². The van der Waals surface area contributed by atoms with Crippen molar-refractivity contribution in [2.45, 2.75) is 34.6 Å². The van der Waals surface area contributed by atoms with Crippen LogP contribution in [-0.2, 0) is 24.0 Å². The molecule has 0 radical (unpaired) electrons. The van der Waals surface area contributed by atoms with Gasteiger partial charge in [-0.25, -0.2) is 0 Å². The first-order chi connectivity index (χ1) is 15.4. The maximum atomic E-state index is 11.6. The second kappa shape index (κ2) is 10.8. The average Bonchev–Trinajstić information content (AvgIpc) is 2.61. The Morgan fingerprint density at radius 2 is 0.758 bits per heavy atom. The van der Waals surface area contributed by atoms with Crippen LogP contribution in [0.1, 0.15) is 34.6 Å². The Morgan fingerprint density at radius 3 is 1.09 bits per heavy atom. The van der Waals surface area contributed by atoms with Gasteiger partial charge in [-0.1, -0.05) is 0 Å². The van der Waals surface area contributed by atoms with Crippen LogP contribution in [0.15, 0.2) is 30.3 Å². The maximum Gasteiger partial charge on any atom is 0.308 e. The first kappa shape index (κ1) is 24.9. The topological polar surface area (TPSA) is 141 Å². The van der Waals surface area contributed by atoms with E-state index >= 15 is 0 Å². The number of rotatable bonds is 7. The third-order valence-corrected chi connectivity index (χ3v) is 3.36. The number of hydrogen-bond acceptors (Lipinski definition) is 11. The number of carbonyl (C=O) groups is 5. The van der Waals surface area contributed by atoms with Crippen LogP contribution in [-0.4, -0.2) is 29.8 Å². The first-order valence-corrected chi connectivity index (χ1v) is 9.36. The van der Waals surface area contributed by atoms with Gasteiger partial charge in [0.05, 0.1) is 0 Å². The third kappa shape index (κ3) is 7.98. The van der Waals surface area contributed by atoms with Crippen LogP contribution < -0.4 is 28.4 Å². The van der Waals surface area contributed by atoms with Crippen LogP contribution in [0.2, 0.25) is 0 Å².